The van der Waals surface area contributed by atoms with Crippen molar-refractivity contribution in [1.29, 1.82) is 0 Å². The van der Waals surface area contributed by atoms with Gasteiger partial charge in [-0.3, -0.25) is 24.3 Å². The van der Waals surface area contributed by atoms with E-state index >= 15 is 0 Å². The fraction of sp³-hybridized carbons (Fsp3) is 0.882. The highest BCUT2D eigenvalue weighted by Crippen LogP contribution is 2.46. The second-order valence-corrected chi connectivity index (χ2v) is 7.56. The molecular weight excluding hydrogens is 278 g/mol. The lowest BCUT2D eigenvalue weighted by Gasteiger charge is -2.41. The molecule has 122 valence electrons. The van der Waals surface area contributed by atoms with Crippen molar-refractivity contribution in [3.05, 3.63) is 0 Å². The number of imide groups is 1. The molecule has 0 radical (unpaired) electrons. The van der Waals surface area contributed by atoms with Crippen LogP contribution in [-0.2, 0) is 9.59 Å². The molecule has 5 nitrogen and oxygen atoms in total. The highest BCUT2D eigenvalue weighted by molar-refractivity contribution is 6.01. The average Bonchev–Trinajstić information content (AvgIpc) is 3.23. The van der Waals surface area contributed by atoms with Crippen LogP contribution in [0.1, 0.15) is 38.5 Å². The molecule has 0 N–H and O–H groups in total. The molecule has 2 saturated carbocycles. The average molecular weight is 305 g/mol. The van der Waals surface area contributed by atoms with Gasteiger partial charge >= 0.3 is 0 Å². The third kappa shape index (κ3) is 2.69. The van der Waals surface area contributed by atoms with Gasteiger partial charge in [0.15, 0.2) is 0 Å². The van der Waals surface area contributed by atoms with Crippen LogP contribution in [-0.4, -0.2) is 71.8 Å². The van der Waals surface area contributed by atoms with Crippen LogP contribution in [0.25, 0.3) is 0 Å². The summed E-state index contributed by atoms with van der Waals surface area (Å²) in [6.07, 6.45) is 6.66. The molecule has 2 heterocycles. The van der Waals surface area contributed by atoms with Crippen LogP contribution in [0.5, 0.6) is 0 Å². The highest BCUT2D eigenvalue weighted by Gasteiger charge is 2.42. The minimum Gasteiger partial charge on any atom is -0.299 e. The number of amides is 2. The number of fused-ring (bicyclic) bond motifs is 2. The van der Waals surface area contributed by atoms with Gasteiger partial charge in [-0.2, -0.15) is 0 Å². The summed E-state index contributed by atoms with van der Waals surface area (Å²) in [5.74, 6) is 2.02. The van der Waals surface area contributed by atoms with Crippen molar-refractivity contribution in [1.82, 2.24) is 14.7 Å². The molecule has 4 aliphatic rings. The fourth-order valence-electron chi connectivity index (χ4n) is 5.09. The van der Waals surface area contributed by atoms with E-state index in [-0.39, 0.29) is 11.8 Å². The van der Waals surface area contributed by atoms with Gasteiger partial charge in [0.25, 0.3) is 0 Å². The Hall–Kier alpha value is -0.940. The van der Waals surface area contributed by atoms with Crippen LogP contribution < -0.4 is 0 Å². The Morgan fingerprint density at radius 3 is 2.18 bits per heavy atom. The summed E-state index contributed by atoms with van der Waals surface area (Å²) in [6, 6.07) is 0.850. The van der Waals surface area contributed by atoms with Crippen molar-refractivity contribution in [2.45, 2.75) is 44.6 Å². The molecular formula is C17H27N3O2. The van der Waals surface area contributed by atoms with E-state index in [1.165, 1.54) is 30.6 Å². The predicted octanol–water partition coefficient (Wildman–Crippen LogP) is 0.942. The summed E-state index contributed by atoms with van der Waals surface area (Å²) >= 11 is 0. The molecule has 2 aliphatic heterocycles. The molecule has 22 heavy (non-hydrogen) atoms. The molecule has 0 aromatic carbocycles. The smallest absolute Gasteiger partial charge is 0.229 e. The Kier molecular flexibility index (Phi) is 3.95. The van der Waals surface area contributed by atoms with Crippen molar-refractivity contribution < 1.29 is 9.59 Å². The van der Waals surface area contributed by atoms with E-state index in [2.05, 4.69) is 9.80 Å². The maximum absolute atomic E-state index is 11.6. The van der Waals surface area contributed by atoms with E-state index in [9.17, 15) is 9.59 Å². The number of carbonyl (C=O) groups is 2. The first kappa shape index (κ1) is 14.6. The minimum absolute atomic E-state index is 0.0191. The molecule has 0 aromatic rings. The van der Waals surface area contributed by atoms with Crippen LogP contribution in [0.3, 0.4) is 0 Å². The van der Waals surface area contributed by atoms with Crippen LogP contribution in [0, 0.1) is 11.8 Å². The Morgan fingerprint density at radius 1 is 0.864 bits per heavy atom. The first-order valence-corrected chi connectivity index (χ1v) is 9.00. The maximum atomic E-state index is 11.6. The van der Waals surface area contributed by atoms with Crippen molar-refractivity contribution >= 4 is 11.8 Å². The molecule has 2 amide bonds. The molecule has 4 rings (SSSR count). The lowest BCUT2D eigenvalue weighted by molar-refractivity contribution is -0.138. The number of carbonyl (C=O) groups excluding carboxylic acids is 2. The highest BCUT2D eigenvalue weighted by atomic mass is 16.2. The predicted molar refractivity (Wildman–Crippen MR) is 83.2 cm³/mol. The van der Waals surface area contributed by atoms with E-state index in [4.69, 9.17) is 0 Å². The molecule has 2 bridgehead atoms. The number of hydrogen-bond donors (Lipinski definition) is 0. The summed E-state index contributed by atoms with van der Waals surface area (Å²) in [6.45, 7) is 5.94. The minimum atomic E-state index is 0.0191. The summed E-state index contributed by atoms with van der Waals surface area (Å²) in [7, 11) is 0. The standard InChI is InChI=1S/C17H27N3O2/c21-16-3-4-17(22)20(16)10-7-18-5-8-19(9-6-18)15-12-13-1-2-14(15)11-13/h13-15H,1-12H2/t13-,14-,15+/m1/s1. The van der Waals surface area contributed by atoms with E-state index < -0.39 is 0 Å². The van der Waals surface area contributed by atoms with Crippen LogP contribution >= 0.6 is 0 Å². The Morgan fingerprint density at radius 2 is 1.59 bits per heavy atom. The first-order valence-electron chi connectivity index (χ1n) is 9.00. The Balaban J connectivity index is 1.22. The van der Waals surface area contributed by atoms with Gasteiger partial charge in [-0.1, -0.05) is 6.42 Å². The number of rotatable bonds is 4. The Labute approximate surface area is 132 Å². The van der Waals surface area contributed by atoms with Gasteiger partial charge in [0.2, 0.25) is 11.8 Å². The maximum Gasteiger partial charge on any atom is 0.229 e. The van der Waals surface area contributed by atoms with E-state index in [0.717, 1.165) is 50.6 Å². The zero-order valence-corrected chi connectivity index (χ0v) is 13.4. The fourth-order valence-corrected chi connectivity index (χ4v) is 5.09. The van der Waals surface area contributed by atoms with Crippen molar-refractivity contribution in [3.8, 4) is 0 Å². The van der Waals surface area contributed by atoms with Gasteiger partial charge in [0.1, 0.15) is 0 Å². The molecule has 2 saturated heterocycles. The molecule has 3 atom stereocenters. The number of piperazine rings is 1. The second kappa shape index (κ2) is 5.93. The molecule has 4 fully saturated rings. The molecule has 0 spiro atoms. The number of hydrogen-bond acceptors (Lipinski definition) is 4. The van der Waals surface area contributed by atoms with Gasteiger partial charge in [-0.15, -0.1) is 0 Å². The van der Waals surface area contributed by atoms with Crippen LogP contribution in [0.2, 0.25) is 0 Å². The van der Waals surface area contributed by atoms with E-state index in [0.29, 0.717) is 19.4 Å². The topological polar surface area (TPSA) is 43.9 Å². The molecule has 2 aliphatic carbocycles. The largest absolute Gasteiger partial charge is 0.299 e. The first-order chi connectivity index (χ1) is 10.7. The normalized spacial score (nSPS) is 36.7. The number of nitrogens with zero attached hydrogens (tertiary/aromatic N) is 3. The van der Waals surface area contributed by atoms with Crippen molar-refractivity contribution in [2.75, 3.05) is 39.3 Å². The number of likely N-dealkylation sites (tertiary alicyclic amines) is 1. The van der Waals surface area contributed by atoms with Gasteiger partial charge in [-0.05, 0) is 31.1 Å². The van der Waals surface area contributed by atoms with Crippen molar-refractivity contribution in [2.24, 2.45) is 11.8 Å². The lowest BCUT2D eigenvalue weighted by atomic mass is 9.93. The third-order valence-electron chi connectivity index (χ3n) is 6.37. The summed E-state index contributed by atoms with van der Waals surface area (Å²) < 4.78 is 0. The third-order valence-corrected chi connectivity index (χ3v) is 6.37. The van der Waals surface area contributed by atoms with Gasteiger partial charge in [-0.25, -0.2) is 0 Å². The molecule has 0 unspecified atom stereocenters. The lowest BCUT2D eigenvalue weighted by Crippen LogP contribution is -2.53. The second-order valence-electron chi connectivity index (χ2n) is 7.56. The van der Waals surface area contributed by atoms with Crippen LogP contribution in [0.4, 0.5) is 0 Å². The Bertz CT molecular complexity index is 443. The summed E-state index contributed by atoms with van der Waals surface area (Å²) in [5, 5.41) is 0. The van der Waals surface area contributed by atoms with E-state index in [1.807, 2.05) is 0 Å². The zero-order valence-electron chi connectivity index (χ0n) is 13.4. The summed E-state index contributed by atoms with van der Waals surface area (Å²) in [5.41, 5.74) is 0. The van der Waals surface area contributed by atoms with Crippen molar-refractivity contribution in [3.63, 3.8) is 0 Å². The molecule has 0 aromatic heterocycles. The van der Waals surface area contributed by atoms with E-state index in [1.54, 1.807) is 0 Å². The van der Waals surface area contributed by atoms with Crippen LogP contribution in [0.15, 0.2) is 0 Å². The monoisotopic (exact) mass is 305 g/mol. The molecule has 5 heteroatoms. The zero-order chi connectivity index (χ0) is 15.1. The quantitative estimate of drug-likeness (QED) is 0.725. The van der Waals surface area contributed by atoms with Gasteiger partial charge in [0.05, 0.1) is 0 Å². The van der Waals surface area contributed by atoms with Gasteiger partial charge in [0, 0.05) is 58.2 Å². The SMILES string of the molecule is O=C1CCC(=O)N1CCN1CCN([C@H]2C[C@@H]3CC[C@@H]2C3)CC1. The van der Waals surface area contributed by atoms with Gasteiger partial charge < -0.3 is 0 Å². The summed E-state index contributed by atoms with van der Waals surface area (Å²) in [4.78, 5) is 29.9.